The van der Waals surface area contributed by atoms with Crippen LogP contribution in [0, 0.1) is 5.92 Å². The van der Waals surface area contributed by atoms with Gasteiger partial charge in [0.2, 0.25) is 0 Å². The van der Waals surface area contributed by atoms with Gasteiger partial charge in [-0.1, -0.05) is 51.5 Å². The van der Waals surface area contributed by atoms with E-state index in [9.17, 15) is 0 Å². The Labute approximate surface area is 124 Å². The van der Waals surface area contributed by atoms with Crippen molar-refractivity contribution in [3.63, 3.8) is 0 Å². The molecule has 1 N–H and O–H groups in total. The van der Waals surface area contributed by atoms with Crippen LogP contribution in [0.25, 0.3) is 0 Å². The molecule has 2 nitrogen and oxygen atoms in total. The van der Waals surface area contributed by atoms with Gasteiger partial charge in [0.15, 0.2) is 0 Å². The fourth-order valence-corrected chi connectivity index (χ4v) is 2.97. The third kappa shape index (κ3) is 4.32. The molecule has 1 heterocycles. The van der Waals surface area contributed by atoms with Gasteiger partial charge in [-0.3, -0.25) is 4.90 Å². The smallest absolute Gasteiger partial charge is 0.0234 e. The fourth-order valence-electron chi connectivity index (χ4n) is 2.97. The van der Waals surface area contributed by atoms with Crippen molar-refractivity contribution in [2.45, 2.75) is 52.6 Å². The van der Waals surface area contributed by atoms with E-state index in [-0.39, 0.29) is 0 Å². The molecule has 0 bridgehead atoms. The van der Waals surface area contributed by atoms with E-state index in [2.05, 4.69) is 55.3 Å². The van der Waals surface area contributed by atoms with Crippen LogP contribution in [0.1, 0.15) is 44.7 Å². The van der Waals surface area contributed by atoms with Crippen molar-refractivity contribution in [2.75, 3.05) is 19.6 Å². The van der Waals surface area contributed by atoms with Crippen molar-refractivity contribution >= 4 is 0 Å². The van der Waals surface area contributed by atoms with Gasteiger partial charge in [-0.05, 0) is 43.0 Å². The number of rotatable bonds is 5. The van der Waals surface area contributed by atoms with E-state index in [4.69, 9.17) is 0 Å². The Hall–Kier alpha value is -0.860. The largest absolute Gasteiger partial charge is 0.312 e. The van der Waals surface area contributed by atoms with Crippen LogP contribution in [0.4, 0.5) is 0 Å². The van der Waals surface area contributed by atoms with Crippen molar-refractivity contribution in [1.29, 1.82) is 0 Å². The molecule has 1 fully saturated rings. The quantitative estimate of drug-likeness (QED) is 0.884. The number of nitrogens with one attached hydrogen (secondary N) is 1. The van der Waals surface area contributed by atoms with Crippen molar-refractivity contribution in [1.82, 2.24) is 10.2 Å². The highest BCUT2D eigenvalue weighted by atomic mass is 15.2. The summed E-state index contributed by atoms with van der Waals surface area (Å²) in [5.74, 6) is 0.762. The van der Waals surface area contributed by atoms with Crippen LogP contribution in [0.5, 0.6) is 0 Å². The number of benzene rings is 1. The molecular formula is C18H30N2. The molecule has 20 heavy (non-hydrogen) atoms. The van der Waals surface area contributed by atoms with Gasteiger partial charge in [0.25, 0.3) is 0 Å². The predicted octanol–water partition coefficient (Wildman–Crippen LogP) is 3.46. The summed E-state index contributed by atoms with van der Waals surface area (Å²) in [7, 11) is 0. The molecule has 0 saturated carbocycles. The van der Waals surface area contributed by atoms with Crippen LogP contribution < -0.4 is 5.32 Å². The summed E-state index contributed by atoms with van der Waals surface area (Å²) in [5, 5.41) is 3.72. The topological polar surface area (TPSA) is 15.3 Å². The van der Waals surface area contributed by atoms with E-state index in [1.54, 1.807) is 0 Å². The molecule has 1 aromatic carbocycles. The van der Waals surface area contributed by atoms with Crippen LogP contribution >= 0.6 is 0 Å². The third-order valence-corrected chi connectivity index (χ3v) is 4.68. The van der Waals surface area contributed by atoms with Gasteiger partial charge in [0, 0.05) is 19.1 Å². The SMILES string of the molecule is CCc1ccc(CN2CCCNC(C(C)CC)C2)cc1. The zero-order valence-electron chi connectivity index (χ0n) is 13.4. The first-order chi connectivity index (χ1) is 9.72. The number of aryl methyl sites for hydroxylation is 1. The first-order valence-electron chi connectivity index (χ1n) is 8.26. The molecular weight excluding hydrogens is 244 g/mol. The van der Waals surface area contributed by atoms with E-state index in [1.165, 1.54) is 43.6 Å². The summed E-state index contributed by atoms with van der Waals surface area (Å²) >= 11 is 0. The Morgan fingerprint density at radius 1 is 1.20 bits per heavy atom. The molecule has 0 amide bonds. The normalized spacial score (nSPS) is 22.4. The van der Waals surface area contributed by atoms with Gasteiger partial charge < -0.3 is 5.32 Å². The third-order valence-electron chi connectivity index (χ3n) is 4.68. The molecule has 1 aromatic rings. The van der Waals surface area contributed by atoms with Crippen molar-refractivity contribution in [3.05, 3.63) is 35.4 Å². The summed E-state index contributed by atoms with van der Waals surface area (Å²) in [5.41, 5.74) is 2.88. The summed E-state index contributed by atoms with van der Waals surface area (Å²) < 4.78 is 0. The molecule has 0 spiro atoms. The summed E-state index contributed by atoms with van der Waals surface area (Å²) in [6.45, 7) is 11.5. The minimum Gasteiger partial charge on any atom is -0.312 e. The summed E-state index contributed by atoms with van der Waals surface area (Å²) in [6, 6.07) is 9.80. The molecule has 2 heteroatoms. The van der Waals surface area contributed by atoms with Crippen LogP contribution in [0.3, 0.4) is 0 Å². The Balaban J connectivity index is 1.95. The van der Waals surface area contributed by atoms with Crippen LogP contribution in [-0.2, 0) is 13.0 Å². The highest BCUT2D eigenvalue weighted by Gasteiger charge is 2.21. The van der Waals surface area contributed by atoms with Gasteiger partial charge >= 0.3 is 0 Å². The average Bonchev–Trinajstić information content (AvgIpc) is 2.73. The molecule has 0 aromatic heterocycles. The Morgan fingerprint density at radius 3 is 2.55 bits per heavy atom. The van der Waals surface area contributed by atoms with E-state index in [0.717, 1.165) is 18.9 Å². The molecule has 1 aliphatic rings. The van der Waals surface area contributed by atoms with Gasteiger partial charge in [0.1, 0.15) is 0 Å². The van der Waals surface area contributed by atoms with Gasteiger partial charge in [-0.15, -0.1) is 0 Å². The molecule has 2 rings (SSSR count). The number of nitrogens with zero attached hydrogens (tertiary/aromatic N) is 1. The zero-order valence-corrected chi connectivity index (χ0v) is 13.4. The molecule has 1 saturated heterocycles. The lowest BCUT2D eigenvalue weighted by molar-refractivity contribution is 0.231. The minimum atomic E-state index is 0.650. The minimum absolute atomic E-state index is 0.650. The number of hydrogen-bond donors (Lipinski definition) is 1. The molecule has 112 valence electrons. The molecule has 0 aliphatic carbocycles. The van der Waals surface area contributed by atoms with Crippen molar-refractivity contribution in [3.8, 4) is 0 Å². The standard InChI is InChI=1S/C18H30N2/c1-4-15(3)18-14-20(12-6-11-19-18)13-17-9-7-16(5-2)8-10-17/h7-10,15,18-19H,4-6,11-14H2,1-3H3. The maximum Gasteiger partial charge on any atom is 0.0234 e. The van der Waals surface area contributed by atoms with Gasteiger partial charge in [-0.25, -0.2) is 0 Å². The lowest BCUT2D eigenvalue weighted by Crippen LogP contribution is -2.41. The van der Waals surface area contributed by atoms with Gasteiger partial charge in [0.05, 0.1) is 0 Å². The average molecular weight is 274 g/mol. The maximum absolute atomic E-state index is 3.72. The van der Waals surface area contributed by atoms with Crippen LogP contribution in [0.15, 0.2) is 24.3 Å². The molecule has 2 unspecified atom stereocenters. The lowest BCUT2D eigenvalue weighted by Gasteiger charge is -2.28. The fraction of sp³-hybridized carbons (Fsp3) is 0.667. The van der Waals surface area contributed by atoms with E-state index in [0.29, 0.717) is 6.04 Å². The highest BCUT2D eigenvalue weighted by molar-refractivity contribution is 5.22. The van der Waals surface area contributed by atoms with E-state index >= 15 is 0 Å². The Bertz CT molecular complexity index is 385. The van der Waals surface area contributed by atoms with E-state index < -0.39 is 0 Å². The first kappa shape index (κ1) is 15.5. The first-order valence-corrected chi connectivity index (χ1v) is 8.26. The lowest BCUT2D eigenvalue weighted by atomic mass is 9.99. The number of hydrogen-bond acceptors (Lipinski definition) is 2. The second kappa shape index (κ2) is 7.80. The predicted molar refractivity (Wildman–Crippen MR) is 87.0 cm³/mol. The molecule has 0 radical (unpaired) electrons. The maximum atomic E-state index is 3.72. The van der Waals surface area contributed by atoms with Crippen LogP contribution in [0.2, 0.25) is 0 Å². The second-order valence-electron chi connectivity index (χ2n) is 6.20. The summed E-state index contributed by atoms with van der Waals surface area (Å²) in [4.78, 5) is 2.62. The van der Waals surface area contributed by atoms with Crippen molar-refractivity contribution in [2.24, 2.45) is 5.92 Å². The van der Waals surface area contributed by atoms with Crippen molar-refractivity contribution < 1.29 is 0 Å². The van der Waals surface area contributed by atoms with Gasteiger partial charge in [-0.2, -0.15) is 0 Å². The second-order valence-corrected chi connectivity index (χ2v) is 6.20. The Kier molecular flexibility index (Phi) is 6.06. The molecule has 1 aliphatic heterocycles. The van der Waals surface area contributed by atoms with Crippen LogP contribution in [-0.4, -0.2) is 30.6 Å². The Morgan fingerprint density at radius 2 is 1.90 bits per heavy atom. The monoisotopic (exact) mass is 274 g/mol. The highest BCUT2D eigenvalue weighted by Crippen LogP contribution is 2.15. The van der Waals surface area contributed by atoms with E-state index in [1.807, 2.05) is 0 Å². The molecule has 2 atom stereocenters. The summed E-state index contributed by atoms with van der Waals surface area (Å²) in [6.07, 6.45) is 3.65. The zero-order chi connectivity index (χ0) is 14.4.